The van der Waals surface area contributed by atoms with Crippen LogP contribution in [0.3, 0.4) is 0 Å². The number of H-pyrrole nitrogens is 1. The van der Waals surface area contributed by atoms with Gasteiger partial charge in [-0.1, -0.05) is 11.6 Å². The van der Waals surface area contributed by atoms with E-state index >= 15 is 0 Å². The zero-order valence-electron chi connectivity index (χ0n) is 10.7. The van der Waals surface area contributed by atoms with Crippen LogP contribution in [0.4, 0.5) is 0 Å². The SMILES string of the molecule is Cc1cc2c(c(C)c1Cl)-c1[nH]nc(C#N)c1CCO2. The van der Waals surface area contributed by atoms with Crippen molar-refractivity contribution in [3.63, 3.8) is 0 Å². The Kier molecular flexibility index (Phi) is 2.72. The van der Waals surface area contributed by atoms with E-state index in [1.165, 1.54) is 0 Å². The lowest BCUT2D eigenvalue weighted by Gasteiger charge is -2.13. The Balaban J connectivity index is 2.35. The number of aromatic nitrogens is 2. The molecule has 4 nitrogen and oxygen atoms in total. The molecule has 0 spiro atoms. The van der Waals surface area contributed by atoms with E-state index < -0.39 is 0 Å². The molecule has 3 rings (SSSR count). The fraction of sp³-hybridized carbons (Fsp3) is 0.286. The molecule has 0 saturated carbocycles. The molecule has 0 unspecified atom stereocenters. The molecule has 1 aromatic heterocycles. The molecule has 19 heavy (non-hydrogen) atoms. The maximum atomic E-state index is 9.09. The van der Waals surface area contributed by atoms with Gasteiger partial charge in [0.2, 0.25) is 0 Å². The monoisotopic (exact) mass is 273 g/mol. The Morgan fingerprint density at radius 3 is 3.00 bits per heavy atom. The largest absolute Gasteiger partial charge is 0.493 e. The first kappa shape index (κ1) is 12.1. The number of ether oxygens (including phenoxy) is 1. The lowest BCUT2D eigenvalue weighted by molar-refractivity contribution is 0.326. The summed E-state index contributed by atoms with van der Waals surface area (Å²) in [6, 6.07) is 4.05. The summed E-state index contributed by atoms with van der Waals surface area (Å²) in [5.41, 5.74) is 5.04. The highest BCUT2D eigenvalue weighted by atomic mass is 35.5. The molecule has 0 atom stereocenters. The van der Waals surface area contributed by atoms with Crippen LogP contribution < -0.4 is 4.74 Å². The van der Waals surface area contributed by atoms with Gasteiger partial charge in [0.15, 0.2) is 5.69 Å². The fourth-order valence-electron chi connectivity index (χ4n) is 2.52. The van der Waals surface area contributed by atoms with Gasteiger partial charge < -0.3 is 4.74 Å². The second-order valence-corrected chi connectivity index (χ2v) is 5.02. The molecule has 2 heterocycles. The predicted octanol–water partition coefficient (Wildman–Crippen LogP) is 3.15. The van der Waals surface area contributed by atoms with Crippen LogP contribution in [-0.2, 0) is 6.42 Å². The van der Waals surface area contributed by atoms with E-state index in [1.54, 1.807) is 0 Å². The maximum Gasteiger partial charge on any atom is 0.166 e. The summed E-state index contributed by atoms with van der Waals surface area (Å²) in [5, 5.41) is 16.8. The second kappa shape index (κ2) is 4.29. The van der Waals surface area contributed by atoms with Crippen LogP contribution in [0.2, 0.25) is 5.02 Å². The zero-order chi connectivity index (χ0) is 13.6. The standard InChI is InChI=1S/C14H12ClN3O/c1-7-5-11-12(8(2)13(7)15)14-9(3-4-19-11)10(6-16)17-18-14/h5H,3-4H2,1-2H3,(H,17,18). The highest BCUT2D eigenvalue weighted by Gasteiger charge is 2.24. The molecule has 1 aliphatic heterocycles. The van der Waals surface area contributed by atoms with Gasteiger partial charge in [0.25, 0.3) is 0 Å². The molecule has 0 bridgehead atoms. The summed E-state index contributed by atoms with van der Waals surface area (Å²) in [6.07, 6.45) is 0.666. The minimum atomic E-state index is 0.433. The van der Waals surface area contributed by atoms with Crippen molar-refractivity contribution in [2.24, 2.45) is 0 Å². The summed E-state index contributed by atoms with van der Waals surface area (Å²) in [4.78, 5) is 0. The van der Waals surface area contributed by atoms with Crippen molar-refractivity contribution in [2.45, 2.75) is 20.3 Å². The molecular weight excluding hydrogens is 262 g/mol. The van der Waals surface area contributed by atoms with Crippen LogP contribution in [0.5, 0.6) is 5.75 Å². The molecule has 1 N–H and O–H groups in total. The van der Waals surface area contributed by atoms with Crippen LogP contribution >= 0.6 is 11.6 Å². The number of nitrogens with zero attached hydrogens (tertiary/aromatic N) is 2. The van der Waals surface area contributed by atoms with E-state index in [1.807, 2.05) is 19.9 Å². The van der Waals surface area contributed by atoms with E-state index in [0.717, 1.165) is 38.7 Å². The number of halogens is 1. The highest BCUT2D eigenvalue weighted by Crippen LogP contribution is 2.41. The molecule has 1 aromatic carbocycles. The van der Waals surface area contributed by atoms with Crippen LogP contribution in [0.25, 0.3) is 11.3 Å². The number of benzene rings is 1. The Hall–Kier alpha value is -1.99. The molecule has 0 radical (unpaired) electrons. The third-order valence-corrected chi connectivity index (χ3v) is 4.06. The van der Waals surface area contributed by atoms with Gasteiger partial charge in [0.1, 0.15) is 11.8 Å². The molecule has 0 saturated heterocycles. The fourth-order valence-corrected chi connectivity index (χ4v) is 2.67. The zero-order valence-corrected chi connectivity index (χ0v) is 11.4. The lowest BCUT2D eigenvalue weighted by atomic mass is 9.98. The van der Waals surface area contributed by atoms with E-state index in [2.05, 4.69) is 16.3 Å². The van der Waals surface area contributed by atoms with Crippen molar-refractivity contribution >= 4 is 11.6 Å². The number of rotatable bonds is 0. The second-order valence-electron chi connectivity index (χ2n) is 4.64. The molecule has 0 fully saturated rings. The molecular formula is C14H12ClN3O. The number of aromatic amines is 1. The van der Waals surface area contributed by atoms with Crippen molar-refractivity contribution in [2.75, 3.05) is 6.61 Å². The molecule has 2 aromatic rings. The Morgan fingerprint density at radius 1 is 1.47 bits per heavy atom. The van der Waals surface area contributed by atoms with Crippen LogP contribution in [0, 0.1) is 25.2 Å². The van der Waals surface area contributed by atoms with Gasteiger partial charge in [-0.3, -0.25) is 5.10 Å². The van der Waals surface area contributed by atoms with E-state index in [4.69, 9.17) is 21.6 Å². The molecule has 5 heteroatoms. The van der Waals surface area contributed by atoms with Crippen LogP contribution in [-0.4, -0.2) is 16.8 Å². The highest BCUT2D eigenvalue weighted by molar-refractivity contribution is 6.32. The number of nitriles is 1. The smallest absolute Gasteiger partial charge is 0.166 e. The topological polar surface area (TPSA) is 61.7 Å². The summed E-state index contributed by atoms with van der Waals surface area (Å²) in [5.74, 6) is 0.797. The van der Waals surface area contributed by atoms with Gasteiger partial charge in [-0.15, -0.1) is 0 Å². The van der Waals surface area contributed by atoms with Crippen LogP contribution in [0.1, 0.15) is 22.4 Å². The summed E-state index contributed by atoms with van der Waals surface area (Å²) in [7, 11) is 0. The first-order valence-corrected chi connectivity index (χ1v) is 6.41. The Morgan fingerprint density at radius 2 is 2.26 bits per heavy atom. The maximum absolute atomic E-state index is 9.09. The number of hydrogen-bond donors (Lipinski definition) is 1. The molecule has 1 aliphatic rings. The quantitative estimate of drug-likeness (QED) is 0.802. The van der Waals surface area contributed by atoms with Gasteiger partial charge >= 0.3 is 0 Å². The summed E-state index contributed by atoms with van der Waals surface area (Å²) >= 11 is 6.32. The van der Waals surface area contributed by atoms with Crippen molar-refractivity contribution in [1.29, 1.82) is 5.26 Å². The average Bonchev–Trinajstić information content (AvgIpc) is 2.70. The van der Waals surface area contributed by atoms with Gasteiger partial charge in [-0.05, 0) is 31.0 Å². The average molecular weight is 274 g/mol. The predicted molar refractivity (Wildman–Crippen MR) is 72.4 cm³/mol. The van der Waals surface area contributed by atoms with Gasteiger partial charge in [-0.2, -0.15) is 10.4 Å². The minimum absolute atomic E-state index is 0.433. The van der Waals surface area contributed by atoms with Gasteiger partial charge in [0, 0.05) is 22.6 Å². The number of aryl methyl sites for hydroxylation is 1. The summed E-state index contributed by atoms with van der Waals surface area (Å²) < 4.78 is 5.79. The van der Waals surface area contributed by atoms with Crippen molar-refractivity contribution < 1.29 is 4.74 Å². The van der Waals surface area contributed by atoms with Gasteiger partial charge in [-0.25, -0.2) is 0 Å². The van der Waals surface area contributed by atoms with E-state index in [0.29, 0.717) is 18.7 Å². The number of fused-ring (bicyclic) bond motifs is 3. The molecule has 0 aliphatic carbocycles. The Bertz CT molecular complexity index is 712. The first-order chi connectivity index (χ1) is 9.13. The van der Waals surface area contributed by atoms with E-state index in [-0.39, 0.29) is 0 Å². The van der Waals surface area contributed by atoms with E-state index in [9.17, 15) is 0 Å². The van der Waals surface area contributed by atoms with Crippen molar-refractivity contribution in [3.05, 3.63) is 33.5 Å². The minimum Gasteiger partial charge on any atom is -0.493 e. The number of hydrogen-bond acceptors (Lipinski definition) is 3. The lowest BCUT2D eigenvalue weighted by Crippen LogP contribution is -2.00. The third-order valence-electron chi connectivity index (χ3n) is 3.48. The molecule has 0 amide bonds. The van der Waals surface area contributed by atoms with Crippen LogP contribution in [0.15, 0.2) is 6.07 Å². The Labute approximate surface area is 116 Å². The normalized spacial score (nSPS) is 12.9. The van der Waals surface area contributed by atoms with Gasteiger partial charge in [0.05, 0.1) is 12.3 Å². The van der Waals surface area contributed by atoms with Crippen molar-refractivity contribution in [3.8, 4) is 23.1 Å². The first-order valence-electron chi connectivity index (χ1n) is 6.03. The summed E-state index contributed by atoms with van der Waals surface area (Å²) in [6.45, 7) is 4.45. The third kappa shape index (κ3) is 1.70. The van der Waals surface area contributed by atoms with Crippen molar-refractivity contribution in [1.82, 2.24) is 10.2 Å². The molecule has 96 valence electrons. The number of nitrogens with one attached hydrogen (secondary N) is 1.